The second kappa shape index (κ2) is 9.80. The average molecular weight is 390 g/mol. The number of non-ortho nitro benzene ring substituents is 1. The molecule has 2 aromatic carbocycles. The normalized spacial score (nSPS) is 9.76. The zero-order valence-corrected chi connectivity index (χ0v) is 14.3. The van der Waals surface area contributed by atoms with Crippen molar-refractivity contribution in [3.63, 3.8) is 0 Å². The van der Waals surface area contributed by atoms with Gasteiger partial charge in [0.1, 0.15) is 5.75 Å². The predicted octanol–water partition coefficient (Wildman–Crippen LogP) is 2.80. The van der Waals surface area contributed by atoms with Crippen LogP contribution in [-0.2, 0) is 0 Å². The molecule has 8 nitrogen and oxygen atoms in total. The number of nitro groups is 1. The van der Waals surface area contributed by atoms with E-state index in [1.54, 1.807) is 0 Å². The molecular formula is C15H15Cl2N3O5. The van der Waals surface area contributed by atoms with Gasteiger partial charge in [-0.2, -0.15) is 0 Å². The summed E-state index contributed by atoms with van der Waals surface area (Å²) in [5.74, 6) is -0.874. The van der Waals surface area contributed by atoms with E-state index in [-0.39, 0.29) is 39.3 Å². The Kier molecular flexibility index (Phi) is 8.09. The van der Waals surface area contributed by atoms with Crippen molar-refractivity contribution in [2.75, 3.05) is 18.5 Å². The van der Waals surface area contributed by atoms with Gasteiger partial charge in [-0.1, -0.05) is 23.2 Å². The number of carbonyl (C=O) groups is 1. The fourth-order valence-corrected chi connectivity index (χ4v) is 1.99. The van der Waals surface area contributed by atoms with E-state index >= 15 is 0 Å². The molecule has 0 saturated carbocycles. The van der Waals surface area contributed by atoms with Crippen molar-refractivity contribution in [3.8, 4) is 5.75 Å². The van der Waals surface area contributed by atoms with Gasteiger partial charge < -0.3 is 21.3 Å². The van der Waals surface area contributed by atoms with Crippen molar-refractivity contribution in [1.82, 2.24) is 0 Å². The van der Waals surface area contributed by atoms with Gasteiger partial charge in [-0.3, -0.25) is 14.9 Å². The van der Waals surface area contributed by atoms with Crippen LogP contribution in [0.3, 0.4) is 0 Å². The molecule has 0 aliphatic rings. The lowest BCUT2D eigenvalue weighted by molar-refractivity contribution is -0.384. The molecule has 0 fully saturated rings. The average Bonchev–Trinajstić information content (AvgIpc) is 2.58. The monoisotopic (exact) mass is 389 g/mol. The number of hydrogen-bond acceptors (Lipinski definition) is 6. The van der Waals surface area contributed by atoms with Crippen LogP contribution in [0.15, 0.2) is 36.4 Å². The van der Waals surface area contributed by atoms with E-state index in [1.165, 1.54) is 30.3 Å². The van der Waals surface area contributed by atoms with Crippen LogP contribution in [0.1, 0.15) is 10.4 Å². The number of phenols is 1. The predicted molar refractivity (Wildman–Crippen MR) is 95.3 cm³/mol. The summed E-state index contributed by atoms with van der Waals surface area (Å²) in [7, 11) is 0. The lowest BCUT2D eigenvalue weighted by atomic mass is 10.3. The smallest absolute Gasteiger partial charge is 0.271 e. The molecule has 0 radical (unpaired) electrons. The molecule has 5 N–H and O–H groups in total. The number of rotatable bonds is 4. The number of benzene rings is 2. The molecule has 0 atom stereocenters. The standard InChI is InChI=1S/C13H8Cl2N2O4.C2H7NO/c14-7-1-4-12(18)9(5-7)13(19)16-11-3-2-8(17(20)21)6-10(11)15;3-1-2-4/h1-6,18H,(H,16,19);4H,1-3H2/i13+2;. The summed E-state index contributed by atoms with van der Waals surface area (Å²) in [6, 6.07) is 7.65. The van der Waals surface area contributed by atoms with Gasteiger partial charge >= 0.3 is 0 Å². The topological polar surface area (TPSA) is 139 Å². The minimum atomic E-state index is -0.634. The number of hydrogen-bond donors (Lipinski definition) is 4. The van der Waals surface area contributed by atoms with Gasteiger partial charge in [0.05, 0.1) is 27.8 Å². The Labute approximate surface area is 152 Å². The van der Waals surface area contributed by atoms with Crippen molar-refractivity contribution in [3.05, 3.63) is 62.1 Å². The molecule has 2 rings (SSSR count). The first-order valence-corrected chi connectivity index (χ1v) is 7.60. The highest BCUT2D eigenvalue weighted by molar-refractivity contribution is 6.34. The second-order valence-electron chi connectivity index (χ2n) is 4.55. The maximum Gasteiger partial charge on any atom is 0.271 e. The zero-order chi connectivity index (χ0) is 19.0. The van der Waals surface area contributed by atoms with Crippen LogP contribution in [0, 0.1) is 10.1 Å². The molecule has 0 aliphatic carbocycles. The second-order valence-corrected chi connectivity index (χ2v) is 5.39. The quantitative estimate of drug-likeness (QED) is 0.468. The van der Waals surface area contributed by atoms with Crippen molar-refractivity contribution >= 4 is 40.5 Å². The van der Waals surface area contributed by atoms with Gasteiger partial charge in [0.25, 0.3) is 11.6 Å². The molecule has 0 saturated heterocycles. The third-order valence-corrected chi connectivity index (χ3v) is 3.29. The van der Waals surface area contributed by atoms with Gasteiger partial charge in [-0.05, 0) is 24.3 Å². The fourth-order valence-electron chi connectivity index (χ4n) is 1.60. The highest BCUT2D eigenvalue weighted by atomic mass is 35.5. The Morgan fingerprint density at radius 3 is 2.40 bits per heavy atom. The van der Waals surface area contributed by atoms with Gasteiger partial charge in [0.15, 0.2) is 0 Å². The summed E-state index contributed by atoms with van der Waals surface area (Å²) in [5, 5.41) is 30.7. The molecule has 10 heteroatoms. The van der Waals surface area contributed by atoms with Crippen LogP contribution in [-0.4, -0.2) is 34.2 Å². The molecule has 25 heavy (non-hydrogen) atoms. The highest BCUT2D eigenvalue weighted by Gasteiger charge is 2.15. The fraction of sp³-hybridized carbons (Fsp3) is 0.133. The largest absolute Gasteiger partial charge is 0.507 e. The van der Waals surface area contributed by atoms with Gasteiger partial charge in [0, 0.05) is 23.7 Å². The molecule has 2 aromatic rings. The molecule has 0 unspecified atom stereocenters. The van der Waals surface area contributed by atoms with E-state index in [2.05, 4.69) is 5.32 Å². The summed E-state index contributed by atoms with van der Waals surface area (Å²) in [4.78, 5) is 22.0. The number of nitro benzene ring substituents is 1. The Balaban J connectivity index is 0.000000705. The highest BCUT2D eigenvalue weighted by Crippen LogP contribution is 2.28. The van der Waals surface area contributed by atoms with Gasteiger partial charge in [-0.25, -0.2) is 0 Å². The van der Waals surface area contributed by atoms with E-state index < -0.39 is 10.8 Å². The summed E-state index contributed by atoms with van der Waals surface area (Å²) in [5.41, 5.74) is 4.74. The van der Waals surface area contributed by atoms with Crippen molar-refractivity contribution in [2.45, 2.75) is 0 Å². The first-order valence-electron chi connectivity index (χ1n) is 6.84. The maximum atomic E-state index is 12.0. The van der Waals surface area contributed by atoms with Crippen LogP contribution in [0.4, 0.5) is 11.4 Å². The maximum absolute atomic E-state index is 12.0. The number of aromatic hydroxyl groups is 1. The number of nitrogens with two attached hydrogens (primary N) is 1. The first-order chi connectivity index (χ1) is 11.8. The minimum Gasteiger partial charge on any atom is -0.507 e. The summed E-state index contributed by atoms with van der Waals surface area (Å²) < 4.78 is 0. The number of halogens is 2. The molecule has 0 heterocycles. The van der Waals surface area contributed by atoms with Crippen LogP contribution in [0.2, 0.25) is 10.0 Å². The first kappa shape index (κ1) is 20.7. The van der Waals surface area contributed by atoms with E-state index in [0.717, 1.165) is 6.07 Å². The zero-order valence-electron chi connectivity index (χ0n) is 12.8. The summed E-state index contributed by atoms with van der Waals surface area (Å²) in [6.07, 6.45) is 0. The van der Waals surface area contributed by atoms with Crippen LogP contribution in [0.5, 0.6) is 5.75 Å². The van der Waals surface area contributed by atoms with E-state index in [4.69, 9.17) is 34.0 Å². The van der Waals surface area contributed by atoms with Gasteiger partial charge in [0.2, 0.25) is 0 Å². The Hall–Kier alpha value is -2.39. The SMILES string of the molecule is NCCO.O=[14C](Nc1ccc([N+](=O)[O-])cc1Cl)c1cc(Cl)ccc1O. The molecule has 0 aliphatic heterocycles. The lowest BCUT2D eigenvalue weighted by Gasteiger charge is -2.08. The lowest BCUT2D eigenvalue weighted by Crippen LogP contribution is -2.12. The van der Waals surface area contributed by atoms with Crippen molar-refractivity contribution in [1.29, 1.82) is 0 Å². The summed E-state index contributed by atoms with van der Waals surface area (Å²) in [6.45, 7) is 0.472. The third kappa shape index (κ3) is 6.20. The van der Waals surface area contributed by atoms with Crippen LogP contribution in [0.25, 0.3) is 0 Å². The number of nitrogens with zero attached hydrogens (tertiary/aromatic N) is 1. The number of carbonyl (C=O) groups excluding carboxylic acids is 1. The van der Waals surface area contributed by atoms with E-state index in [0.29, 0.717) is 6.54 Å². The third-order valence-electron chi connectivity index (χ3n) is 2.74. The van der Waals surface area contributed by atoms with Crippen molar-refractivity contribution in [2.24, 2.45) is 5.73 Å². The molecule has 134 valence electrons. The van der Waals surface area contributed by atoms with Gasteiger partial charge in [-0.15, -0.1) is 0 Å². The molecule has 0 bridgehead atoms. The van der Waals surface area contributed by atoms with E-state index in [9.17, 15) is 20.0 Å². The summed E-state index contributed by atoms with van der Waals surface area (Å²) >= 11 is 11.6. The Bertz CT molecular complexity index is 769. The number of anilines is 1. The Morgan fingerprint density at radius 1 is 1.24 bits per heavy atom. The number of nitrogens with one attached hydrogen (secondary N) is 1. The number of aliphatic hydroxyl groups is 1. The number of amides is 1. The number of aliphatic hydroxyl groups excluding tert-OH is 1. The molecular weight excluding hydrogens is 375 g/mol. The minimum absolute atomic E-state index is 0.0130. The van der Waals surface area contributed by atoms with Crippen LogP contribution >= 0.6 is 23.2 Å². The number of phenolic OH excluding ortho intramolecular Hbond substituents is 1. The van der Waals surface area contributed by atoms with Crippen LogP contribution < -0.4 is 11.1 Å². The van der Waals surface area contributed by atoms with E-state index in [1.807, 2.05) is 0 Å². The van der Waals surface area contributed by atoms with Crippen molar-refractivity contribution < 1.29 is 19.9 Å². The molecule has 0 spiro atoms. The molecule has 1 amide bonds. The molecule has 0 aromatic heterocycles. The Morgan fingerprint density at radius 2 is 1.88 bits per heavy atom.